The van der Waals surface area contributed by atoms with Gasteiger partial charge in [0.15, 0.2) is 0 Å². The van der Waals surface area contributed by atoms with Crippen LogP contribution in [-0.2, 0) is 14.8 Å². The van der Waals surface area contributed by atoms with Crippen molar-refractivity contribution in [3.05, 3.63) is 58.6 Å². The predicted molar refractivity (Wildman–Crippen MR) is 84.3 cm³/mol. The molecule has 122 valence electrons. The molecule has 2 aromatic rings. The lowest BCUT2D eigenvalue weighted by Gasteiger charge is -2.09. The highest BCUT2D eigenvalue weighted by Crippen LogP contribution is 2.18. The topological polar surface area (TPSA) is 75.3 Å². The second kappa shape index (κ2) is 7.16. The van der Waals surface area contributed by atoms with Crippen molar-refractivity contribution in [2.75, 3.05) is 11.9 Å². The van der Waals surface area contributed by atoms with E-state index in [4.69, 9.17) is 0 Å². The van der Waals surface area contributed by atoms with Crippen LogP contribution in [0.4, 0.5) is 14.5 Å². The van der Waals surface area contributed by atoms with Crippen molar-refractivity contribution in [1.29, 1.82) is 0 Å². The van der Waals surface area contributed by atoms with Gasteiger partial charge in [-0.25, -0.2) is 21.9 Å². The third kappa shape index (κ3) is 4.57. The molecule has 0 fully saturated rings. The van der Waals surface area contributed by atoms with E-state index in [1.807, 2.05) is 5.32 Å². The number of rotatable bonds is 5. The molecule has 0 aromatic heterocycles. The number of halogens is 3. The zero-order valence-electron chi connectivity index (χ0n) is 11.5. The summed E-state index contributed by atoms with van der Waals surface area (Å²) >= 11 is 3.17. The Bertz CT molecular complexity index is 806. The van der Waals surface area contributed by atoms with Gasteiger partial charge in [-0.05, 0) is 36.4 Å². The van der Waals surface area contributed by atoms with Crippen LogP contribution in [0.25, 0.3) is 0 Å². The van der Waals surface area contributed by atoms with Crippen LogP contribution in [0.15, 0.2) is 51.8 Å². The fraction of sp³-hybridized carbons (Fsp3) is 0.0714. The van der Waals surface area contributed by atoms with Gasteiger partial charge in [0, 0.05) is 4.47 Å². The molecule has 0 saturated heterocycles. The second-order valence-electron chi connectivity index (χ2n) is 4.42. The Morgan fingerprint density at radius 1 is 1.04 bits per heavy atom. The molecule has 0 aliphatic rings. The first kappa shape index (κ1) is 17.5. The first-order chi connectivity index (χ1) is 10.8. The summed E-state index contributed by atoms with van der Waals surface area (Å²) in [5, 5.41) is 1.99. The number of sulfonamides is 1. The minimum atomic E-state index is -3.90. The third-order valence-electron chi connectivity index (χ3n) is 2.77. The molecule has 2 aromatic carbocycles. The van der Waals surface area contributed by atoms with E-state index in [2.05, 4.69) is 20.7 Å². The maximum atomic E-state index is 13.4. The average molecular weight is 405 g/mol. The van der Waals surface area contributed by atoms with E-state index < -0.39 is 39.8 Å². The fourth-order valence-corrected chi connectivity index (χ4v) is 2.90. The molecule has 1 amide bonds. The van der Waals surface area contributed by atoms with E-state index >= 15 is 0 Å². The fourth-order valence-electron chi connectivity index (χ4n) is 1.66. The van der Waals surface area contributed by atoms with Crippen LogP contribution in [0.2, 0.25) is 0 Å². The van der Waals surface area contributed by atoms with E-state index in [9.17, 15) is 22.0 Å². The third-order valence-corrected chi connectivity index (χ3v) is 4.72. The molecule has 5 nitrogen and oxygen atoms in total. The van der Waals surface area contributed by atoms with Crippen LogP contribution in [-0.4, -0.2) is 20.9 Å². The smallest absolute Gasteiger partial charge is 0.241 e. The Morgan fingerprint density at radius 3 is 2.17 bits per heavy atom. The van der Waals surface area contributed by atoms with E-state index in [0.717, 1.165) is 18.2 Å². The van der Waals surface area contributed by atoms with E-state index in [-0.39, 0.29) is 4.90 Å². The quantitative estimate of drug-likeness (QED) is 0.804. The number of carbonyl (C=O) groups excluding carboxylic acids is 1. The van der Waals surface area contributed by atoms with Crippen molar-refractivity contribution in [3.63, 3.8) is 0 Å². The number of nitrogens with one attached hydrogen (secondary N) is 2. The highest BCUT2D eigenvalue weighted by atomic mass is 79.9. The molecular formula is C14H11BrF2N2O3S. The van der Waals surface area contributed by atoms with Crippen LogP contribution in [0.1, 0.15) is 0 Å². The van der Waals surface area contributed by atoms with Crippen molar-refractivity contribution in [3.8, 4) is 0 Å². The van der Waals surface area contributed by atoms with E-state index in [1.165, 1.54) is 24.3 Å². The first-order valence-electron chi connectivity index (χ1n) is 6.29. The molecule has 2 rings (SSSR count). The first-order valence-corrected chi connectivity index (χ1v) is 8.56. The average Bonchev–Trinajstić information content (AvgIpc) is 2.50. The lowest BCUT2D eigenvalue weighted by atomic mass is 10.3. The summed E-state index contributed by atoms with van der Waals surface area (Å²) < 4.78 is 53.5. The number of benzene rings is 2. The van der Waals surface area contributed by atoms with Gasteiger partial charge in [0.1, 0.15) is 17.3 Å². The number of anilines is 1. The van der Waals surface area contributed by atoms with E-state index in [0.29, 0.717) is 4.47 Å². The molecule has 0 aliphatic heterocycles. The minimum Gasteiger partial charge on any atom is -0.320 e. The van der Waals surface area contributed by atoms with Gasteiger partial charge in [-0.2, -0.15) is 0 Å². The van der Waals surface area contributed by atoms with Gasteiger partial charge in [0.2, 0.25) is 15.9 Å². The molecule has 0 atom stereocenters. The predicted octanol–water partition coefficient (Wildman–Crippen LogP) is 2.64. The molecule has 0 spiro atoms. The summed E-state index contributed by atoms with van der Waals surface area (Å²) in [5.74, 6) is -2.79. The van der Waals surface area contributed by atoms with Crippen molar-refractivity contribution >= 4 is 37.5 Å². The summed E-state index contributed by atoms with van der Waals surface area (Å²) in [6.07, 6.45) is 0. The molecule has 0 heterocycles. The standard InChI is InChI=1S/C14H11BrF2N2O3S/c15-9-4-6-10(7-5-9)23(21,22)18-8-13(20)19-14-11(16)2-1-3-12(14)17/h1-7,18H,8H2,(H,19,20). The van der Waals surface area contributed by atoms with Crippen LogP contribution in [0, 0.1) is 11.6 Å². The largest absolute Gasteiger partial charge is 0.320 e. The van der Waals surface area contributed by atoms with Gasteiger partial charge in [-0.1, -0.05) is 22.0 Å². The molecule has 23 heavy (non-hydrogen) atoms. The Kier molecular flexibility index (Phi) is 5.45. The van der Waals surface area contributed by atoms with Crippen LogP contribution in [0.3, 0.4) is 0 Å². The molecule has 0 saturated carbocycles. The highest BCUT2D eigenvalue weighted by Gasteiger charge is 2.17. The molecule has 2 N–H and O–H groups in total. The highest BCUT2D eigenvalue weighted by molar-refractivity contribution is 9.10. The zero-order chi connectivity index (χ0) is 17.0. The van der Waals surface area contributed by atoms with E-state index in [1.54, 1.807) is 0 Å². The summed E-state index contributed by atoms with van der Waals surface area (Å²) in [7, 11) is -3.90. The second-order valence-corrected chi connectivity index (χ2v) is 7.11. The number of para-hydroxylation sites is 1. The summed E-state index contributed by atoms with van der Waals surface area (Å²) in [6, 6.07) is 8.86. The maximum absolute atomic E-state index is 13.4. The Labute approximate surface area is 139 Å². The SMILES string of the molecule is O=C(CNS(=O)(=O)c1ccc(Br)cc1)Nc1c(F)cccc1F. The molecule has 0 unspecified atom stereocenters. The van der Waals surface area contributed by atoms with Gasteiger partial charge in [-0.3, -0.25) is 4.79 Å². The van der Waals surface area contributed by atoms with Gasteiger partial charge in [0.25, 0.3) is 0 Å². The Morgan fingerprint density at radius 2 is 1.61 bits per heavy atom. The van der Waals surface area contributed by atoms with Gasteiger partial charge >= 0.3 is 0 Å². The Hall–Kier alpha value is -1.84. The lowest BCUT2D eigenvalue weighted by Crippen LogP contribution is -2.33. The monoisotopic (exact) mass is 404 g/mol. The normalized spacial score (nSPS) is 11.3. The lowest BCUT2D eigenvalue weighted by molar-refractivity contribution is -0.115. The summed E-state index contributed by atoms with van der Waals surface area (Å²) in [5.41, 5.74) is -0.625. The molecule has 0 radical (unpaired) electrons. The number of hydrogen-bond donors (Lipinski definition) is 2. The molecule has 9 heteroatoms. The van der Waals surface area contributed by atoms with Crippen LogP contribution < -0.4 is 10.0 Å². The van der Waals surface area contributed by atoms with Crippen molar-refractivity contribution in [2.24, 2.45) is 0 Å². The number of hydrogen-bond acceptors (Lipinski definition) is 3. The minimum absolute atomic E-state index is 0.0365. The maximum Gasteiger partial charge on any atom is 0.241 e. The van der Waals surface area contributed by atoms with Gasteiger partial charge < -0.3 is 5.32 Å². The number of carbonyl (C=O) groups is 1. The summed E-state index contributed by atoms with van der Waals surface area (Å²) in [4.78, 5) is 11.6. The van der Waals surface area contributed by atoms with Crippen LogP contribution in [0.5, 0.6) is 0 Å². The zero-order valence-corrected chi connectivity index (χ0v) is 13.9. The number of amides is 1. The van der Waals surface area contributed by atoms with Crippen molar-refractivity contribution < 1.29 is 22.0 Å². The summed E-state index contributed by atoms with van der Waals surface area (Å²) in [6.45, 7) is -0.661. The van der Waals surface area contributed by atoms with Crippen LogP contribution >= 0.6 is 15.9 Å². The molecular weight excluding hydrogens is 394 g/mol. The van der Waals surface area contributed by atoms with Crippen molar-refractivity contribution in [1.82, 2.24) is 4.72 Å². The molecule has 0 bridgehead atoms. The van der Waals surface area contributed by atoms with Gasteiger partial charge in [-0.15, -0.1) is 0 Å². The van der Waals surface area contributed by atoms with Crippen molar-refractivity contribution in [2.45, 2.75) is 4.90 Å². The van der Waals surface area contributed by atoms with Gasteiger partial charge in [0.05, 0.1) is 11.4 Å². The molecule has 0 aliphatic carbocycles. The Balaban J connectivity index is 2.03.